The van der Waals surface area contributed by atoms with E-state index in [9.17, 15) is 18.0 Å². The monoisotopic (exact) mass is 482 g/mol. The van der Waals surface area contributed by atoms with E-state index < -0.39 is 23.4 Å². The zero-order valence-corrected chi connectivity index (χ0v) is 19.3. The van der Waals surface area contributed by atoms with Crippen LogP contribution in [0.3, 0.4) is 0 Å². The van der Waals surface area contributed by atoms with Crippen molar-refractivity contribution < 1.29 is 32.5 Å². The van der Waals surface area contributed by atoms with Crippen LogP contribution in [0.15, 0.2) is 30.6 Å². The van der Waals surface area contributed by atoms with Gasteiger partial charge in [0.1, 0.15) is 24.5 Å². The van der Waals surface area contributed by atoms with Crippen molar-refractivity contribution in [2.75, 3.05) is 25.1 Å². The lowest BCUT2D eigenvalue weighted by molar-refractivity contribution is -0.139. The number of halogens is 3. The van der Waals surface area contributed by atoms with Crippen LogP contribution in [0.25, 0.3) is 11.3 Å². The van der Waals surface area contributed by atoms with Crippen molar-refractivity contribution in [2.24, 2.45) is 5.92 Å². The number of hydrogen-bond donors (Lipinski definition) is 3. The first kappa shape index (κ1) is 25.5. The Morgan fingerprint density at radius 3 is 2.68 bits per heavy atom. The van der Waals surface area contributed by atoms with Crippen molar-refractivity contribution in [1.82, 2.24) is 15.3 Å². The molecule has 1 aliphatic rings. The molecule has 34 heavy (non-hydrogen) atoms. The number of alkyl halides is 3. The van der Waals surface area contributed by atoms with Crippen LogP contribution < -0.4 is 15.4 Å². The highest BCUT2D eigenvalue weighted by atomic mass is 19.4. The smallest absolute Gasteiger partial charge is 0.419 e. The van der Waals surface area contributed by atoms with Gasteiger partial charge in [0.25, 0.3) is 0 Å². The molecular weight excluding hydrogens is 453 g/mol. The Hall–Kier alpha value is -3.08. The maximum Gasteiger partial charge on any atom is 0.419 e. The van der Waals surface area contributed by atoms with Gasteiger partial charge in [-0.25, -0.2) is 14.8 Å². The molecule has 0 saturated carbocycles. The molecule has 0 aliphatic carbocycles. The molecule has 3 rings (SSSR count). The van der Waals surface area contributed by atoms with Crippen LogP contribution in [0.4, 0.5) is 23.8 Å². The van der Waals surface area contributed by atoms with Crippen molar-refractivity contribution in [3.63, 3.8) is 0 Å². The van der Waals surface area contributed by atoms with E-state index in [0.717, 1.165) is 12.5 Å². The van der Waals surface area contributed by atoms with Gasteiger partial charge in [-0.3, -0.25) is 0 Å². The van der Waals surface area contributed by atoms with Crippen molar-refractivity contribution in [3.8, 4) is 17.0 Å². The number of aromatic nitrogens is 2. The van der Waals surface area contributed by atoms with E-state index in [1.54, 1.807) is 13.0 Å². The lowest BCUT2D eigenvalue weighted by atomic mass is 9.91. The SMILES string of the molecule is CC(C)CC(C)(COc1ccc(-c2cc(NC3CCOC3)ncn2)cc1C(F)(F)F)NC(=O)O. The van der Waals surface area contributed by atoms with Gasteiger partial charge in [-0.2, -0.15) is 13.2 Å². The molecule has 2 atom stereocenters. The van der Waals surface area contributed by atoms with Gasteiger partial charge in [-0.15, -0.1) is 0 Å². The Kier molecular flexibility index (Phi) is 7.86. The Labute approximate surface area is 195 Å². The number of anilines is 1. The van der Waals surface area contributed by atoms with Gasteiger partial charge in [-0.05, 0) is 43.9 Å². The summed E-state index contributed by atoms with van der Waals surface area (Å²) in [5.41, 5.74) is -1.45. The van der Waals surface area contributed by atoms with Crippen LogP contribution in [0.1, 0.15) is 39.2 Å². The summed E-state index contributed by atoms with van der Waals surface area (Å²) in [5, 5.41) is 14.7. The van der Waals surface area contributed by atoms with Crippen molar-refractivity contribution in [2.45, 2.75) is 51.4 Å². The van der Waals surface area contributed by atoms with Crippen LogP contribution in [0, 0.1) is 5.92 Å². The molecular formula is C23H29F3N4O4. The first-order valence-corrected chi connectivity index (χ1v) is 11.0. The lowest BCUT2D eigenvalue weighted by Gasteiger charge is -2.31. The van der Waals surface area contributed by atoms with E-state index in [0.29, 0.717) is 31.1 Å². The summed E-state index contributed by atoms with van der Waals surface area (Å²) < 4.78 is 52.5. The zero-order valence-electron chi connectivity index (χ0n) is 19.3. The average Bonchev–Trinajstić information content (AvgIpc) is 3.23. The average molecular weight is 483 g/mol. The molecule has 1 fully saturated rings. The second kappa shape index (κ2) is 10.5. The Balaban J connectivity index is 1.85. The Morgan fingerprint density at radius 1 is 1.29 bits per heavy atom. The standard InChI is InChI=1S/C23H29F3N4O4/c1-14(2)10-22(3,30-21(31)32)12-34-19-5-4-15(8-17(19)23(24,25)26)18-9-20(28-13-27-18)29-16-6-7-33-11-16/h4-5,8-9,13-14,16,30H,6-7,10-12H2,1-3H3,(H,31,32)(H,27,28,29). The number of ether oxygens (including phenoxy) is 2. The maximum atomic E-state index is 13.9. The van der Waals surface area contributed by atoms with Crippen LogP contribution in [0.2, 0.25) is 0 Å². The van der Waals surface area contributed by atoms with Crippen LogP contribution in [0.5, 0.6) is 5.75 Å². The molecule has 2 unspecified atom stereocenters. The minimum atomic E-state index is -4.69. The fraction of sp³-hybridized carbons (Fsp3) is 0.522. The minimum absolute atomic E-state index is 0.0869. The Bertz CT molecular complexity index is 996. The first-order valence-electron chi connectivity index (χ1n) is 11.0. The molecule has 1 amide bonds. The lowest BCUT2D eigenvalue weighted by Crippen LogP contribution is -2.50. The van der Waals surface area contributed by atoms with Gasteiger partial charge in [0.05, 0.1) is 29.4 Å². The van der Waals surface area contributed by atoms with Gasteiger partial charge in [0.2, 0.25) is 0 Å². The highest BCUT2D eigenvalue weighted by molar-refractivity contribution is 5.66. The summed E-state index contributed by atoms with van der Waals surface area (Å²) >= 11 is 0. The van der Waals surface area contributed by atoms with Gasteiger partial charge in [0, 0.05) is 18.2 Å². The summed E-state index contributed by atoms with van der Waals surface area (Å²) in [6.45, 7) is 6.31. The number of hydrogen-bond acceptors (Lipinski definition) is 6. The molecule has 0 radical (unpaired) electrons. The second-order valence-corrected chi connectivity index (χ2v) is 9.08. The van der Waals surface area contributed by atoms with Crippen molar-refractivity contribution >= 4 is 11.9 Å². The third-order valence-corrected chi connectivity index (χ3v) is 5.34. The number of nitrogens with zero attached hydrogens (tertiary/aromatic N) is 2. The third-order valence-electron chi connectivity index (χ3n) is 5.34. The summed E-state index contributed by atoms with van der Waals surface area (Å²) in [6, 6.07) is 5.37. The maximum absolute atomic E-state index is 13.9. The normalized spacial score (nSPS) is 17.9. The molecule has 2 aromatic rings. The predicted molar refractivity (Wildman–Crippen MR) is 120 cm³/mol. The number of benzene rings is 1. The number of amides is 1. The zero-order chi connectivity index (χ0) is 24.9. The van der Waals surface area contributed by atoms with Crippen LogP contribution >= 0.6 is 0 Å². The number of nitrogens with one attached hydrogen (secondary N) is 2. The highest BCUT2D eigenvalue weighted by Gasteiger charge is 2.36. The van der Waals surface area contributed by atoms with Gasteiger partial charge >= 0.3 is 12.3 Å². The van der Waals surface area contributed by atoms with Crippen molar-refractivity contribution in [3.05, 3.63) is 36.2 Å². The molecule has 3 N–H and O–H groups in total. The second-order valence-electron chi connectivity index (χ2n) is 9.08. The molecule has 1 saturated heterocycles. The molecule has 186 valence electrons. The quantitative estimate of drug-likeness (QED) is 0.471. The molecule has 0 bridgehead atoms. The molecule has 11 heteroatoms. The fourth-order valence-corrected chi connectivity index (χ4v) is 4.03. The summed E-state index contributed by atoms with van der Waals surface area (Å²) in [6.07, 6.45) is -3.46. The number of carboxylic acid groups (broad SMARTS) is 1. The molecule has 2 heterocycles. The third kappa shape index (κ3) is 6.96. The molecule has 1 aliphatic heterocycles. The van der Waals surface area contributed by atoms with E-state index in [-0.39, 0.29) is 29.9 Å². The van der Waals surface area contributed by atoms with Crippen LogP contribution in [-0.2, 0) is 10.9 Å². The minimum Gasteiger partial charge on any atom is -0.491 e. The molecule has 0 spiro atoms. The summed E-state index contributed by atoms with van der Waals surface area (Å²) in [5.74, 6) is 0.216. The van der Waals surface area contributed by atoms with Gasteiger partial charge in [-0.1, -0.05) is 13.8 Å². The Morgan fingerprint density at radius 2 is 2.06 bits per heavy atom. The predicted octanol–water partition coefficient (Wildman–Crippen LogP) is 4.81. The number of rotatable bonds is 9. The largest absolute Gasteiger partial charge is 0.491 e. The molecule has 1 aromatic carbocycles. The first-order chi connectivity index (χ1) is 15.9. The molecule has 1 aromatic heterocycles. The van der Waals surface area contributed by atoms with E-state index in [2.05, 4.69) is 20.6 Å². The molecule has 8 nitrogen and oxygen atoms in total. The fourth-order valence-electron chi connectivity index (χ4n) is 4.03. The van der Waals surface area contributed by atoms with E-state index in [4.69, 9.17) is 14.6 Å². The van der Waals surface area contributed by atoms with Gasteiger partial charge in [0.15, 0.2) is 0 Å². The van der Waals surface area contributed by atoms with Crippen molar-refractivity contribution in [1.29, 1.82) is 0 Å². The summed E-state index contributed by atoms with van der Waals surface area (Å²) in [7, 11) is 0. The van der Waals surface area contributed by atoms with E-state index in [1.165, 1.54) is 18.5 Å². The summed E-state index contributed by atoms with van der Waals surface area (Å²) in [4.78, 5) is 19.5. The number of carbonyl (C=O) groups is 1. The topological polar surface area (TPSA) is 106 Å². The highest BCUT2D eigenvalue weighted by Crippen LogP contribution is 2.39. The van der Waals surface area contributed by atoms with Crippen LogP contribution in [-0.4, -0.2) is 52.6 Å². The van der Waals surface area contributed by atoms with E-state index in [1.807, 2.05) is 13.8 Å². The van der Waals surface area contributed by atoms with E-state index >= 15 is 0 Å². The van der Waals surface area contributed by atoms with Gasteiger partial charge < -0.3 is 25.2 Å².